The smallest absolute Gasteiger partial charge is 0.154 e. The molecule has 0 bridgehead atoms. The molecule has 2 nitrogen and oxygen atoms in total. The van der Waals surface area contributed by atoms with Crippen LogP contribution in [-0.4, -0.2) is 4.98 Å². The molecule has 0 aliphatic rings. The van der Waals surface area contributed by atoms with Crippen LogP contribution < -0.4 is 0 Å². The van der Waals surface area contributed by atoms with E-state index in [1.807, 2.05) is 30.3 Å². The lowest BCUT2D eigenvalue weighted by Gasteiger charge is -2.02. The van der Waals surface area contributed by atoms with Crippen LogP contribution in [0.3, 0.4) is 0 Å². The summed E-state index contributed by atoms with van der Waals surface area (Å²) >= 11 is 3.34. The number of nitriles is 1. The maximum Gasteiger partial charge on any atom is 0.154 e. The second-order valence-corrected chi connectivity index (χ2v) is 4.30. The molecule has 0 spiro atoms. The van der Waals surface area contributed by atoms with Gasteiger partial charge in [-0.05, 0) is 39.5 Å². The van der Waals surface area contributed by atoms with E-state index >= 15 is 0 Å². The maximum absolute atomic E-state index is 8.76. The molecular formula is C13H9BrN2. The van der Waals surface area contributed by atoms with E-state index in [1.54, 1.807) is 6.20 Å². The molecule has 2 rings (SSSR count). The molecular weight excluding hydrogens is 264 g/mol. The quantitative estimate of drug-likeness (QED) is 0.841. The van der Waals surface area contributed by atoms with E-state index in [0.717, 1.165) is 16.5 Å². The van der Waals surface area contributed by atoms with E-state index < -0.39 is 0 Å². The van der Waals surface area contributed by atoms with Gasteiger partial charge < -0.3 is 0 Å². The van der Waals surface area contributed by atoms with Crippen LogP contribution in [0.15, 0.2) is 47.1 Å². The lowest BCUT2D eigenvalue weighted by atomic mass is 10.1. The standard InChI is InChI=1S/C13H9BrN2/c14-12-7-11(9-16-13(12)8-15)6-10-4-2-1-3-5-10/h1-5,7,9H,6H2. The predicted octanol–water partition coefficient (Wildman–Crippen LogP) is 3.31. The highest BCUT2D eigenvalue weighted by Crippen LogP contribution is 2.17. The summed E-state index contributed by atoms with van der Waals surface area (Å²) in [4.78, 5) is 4.08. The molecule has 0 saturated carbocycles. The molecule has 16 heavy (non-hydrogen) atoms. The average molecular weight is 273 g/mol. The first-order chi connectivity index (χ1) is 7.79. The van der Waals surface area contributed by atoms with Gasteiger partial charge >= 0.3 is 0 Å². The monoisotopic (exact) mass is 272 g/mol. The number of aromatic nitrogens is 1. The minimum atomic E-state index is 0.428. The van der Waals surface area contributed by atoms with Gasteiger partial charge in [-0.1, -0.05) is 30.3 Å². The molecule has 1 aromatic carbocycles. The van der Waals surface area contributed by atoms with Gasteiger partial charge in [-0.2, -0.15) is 5.26 Å². The molecule has 0 N–H and O–H groups in total. The molecule has 0 saturated heterocycles. The van der Waals surface area contributed by atoms with Gasteiger partial charge in [-0.25, -0.2) is 4.98 Å². The summed E-state index contributed by atoms with van der Waals surface area (Å²) in [6.45, 7) is 0. The summed E-state index contributed by atoms with van der Waals surface area (Å²) in [5.41, 5.74) is 2.76. The van der Waals surface area contributed by atoms with Gasteiger partial charge in [-0.15, -0.1) is 0 Å². The van der Waals surface area contributed by atoms with E-state index in [-0.39, 0.29) is 0 Å². The number of hydrogen-bond donors (Lipinski definition) is 0. The van der Waals surface area contributed by atoms with Crippen LogP contribution in [0.4, 0.5) is 0 Å². The molecule has 78 valence electrons. The zero-order valence-corrected chi connectivity index (χ0v) is 10.1. The van der Waals surface area contributed by atoms with Crippen molar-refractivity contribution in [3.05, 3.63) is 63.9 Å². The zero-order valence-electron chi connectivity index (χ0n) is 8.52. The van der Waals surface area contributed by atoms with Gasteiger partial charge in [0.1, 0.15) is 6.07 Å². The van der Waals surface area contributed by atoms with Crippen molar-refractivity contribution < 1.29 is 0 Å². The van der Waals surface area contributed by atoms with Crippen molar-refractivity contribution in [2.45, 2.75) is 6.42 Å². The highest BCUT2D eigenvalue weighted by atomic mass is 79.9. The summed E-state index contributed by atoms with van der Waals surface area (Å²) in [6, 6.07) is 14.1. The third kappa shape index (κ3) is 2.47. The van der Waals surface area contributed by atoms with Crippen LogP contribution in [-0.2, 0) is 6.42 Å². The van der Waals surface area contributed by atoms with Gasteiger partial charge in [0.05, 0.1) is 4.47 Å². The summed E-state index contributed by atoms with van der Waals surface area (Å²) in [6.07, 6.45) is 2.58. The molecule has 2 aromatic rings. The lowest BCUT2D eigenvalue weighted by molar-refractivity contribution is 1.12. The van der Waals surface area contributed by atoms with Gasteiger partial charge in [0.15, 0.2) is 5.69 Å². The van der Waals surface area contributed by atoms with E-state index in [1.165, 1.54) is 5.56 Å². The Hall–Kier alpha value is -1.66. The Balaban J connectivity index is 2.24. The third-order valence-corrected chi connectivity index (χ3v) is 2.86. The second-order valence-electron chi connectivity index (χ2n) is 3.45. The van der Waals surface area contributed by atoms with Crippen LogP contribution in [0.25, 0.3) is 0 Å². The highest BCUT2D eigenvalue weighted by molar-refractivity contribution is 9.10. The molecule has 3 heteroatoms. The zero-order chi connectivity index (χ0) is 11.4. The number of benzene rings is 1. The summed E-state index contributed by atoms with van der Waals surface area (Å²) in [5, 5.41) is 8.76. The fourth-order valence-corrected chi connectivity index (χ4v) is 1.97. The van der Waals surface area contributed by atoms with Crippen molar-refractivity contribution in [2.24, 2.45) is 0 Å². The van der Waals surface area contributed by atoms with Crippen molar-refractivity contribution >= 4 is 15.9 Å². The van der Waals surface area contributed by atoms with Crippen LogP contribution in [0.2, 0.25) is 0 Å². The van der Waals surface area contributed by atoms with Crippen LogP contribution in [0.5, 0.6) is 0 Å². The van der Waals surface area contributed by atoms with Gasteiger partial charge in [0, 0.05) is 6.20 Å². The normalized spacial score (nSPS) is 9.75. The second kappa shape index (κ2) is 4.91. The van der Waals surface area contributed by atoms with E-state index in [9.17, 15) is 0 Å². The van der Waals surface area contributed by atoms with Crippen LogP contribution >= 0.6 is 15.9 Å². The maximum atomic E-state index is 8.76. The third-order valence-electron chi connectivity index (χ3n) is 2.25. The van der Waals surface area contributed by atoms with Crippen molar-refractivity contribution in [1.29, 1.82) is 5.26 Å². The Labute approximate surface area is 103 Å². The Morgan fingerprint density at radius 1 is 1.19 bits per heavy atom. The SMILES string of the molecule is N#Cc1ncc(Cc2ccccc2)cc1Br. The van der Waals surface area contributed by atoms with Gasteiger partial charge in [-0.3, -0.25) is 0 Å². The highest BCUT2D eigenvalue weighted by Gasteiger charge is 2.02. The number of hydrogen-bond acceptors (Lipinski definition) is 2. The predicted molar refractivity (Wildman–Crippen MR) is 65.9 cm³/mol. The first-order valence-electron chi connectivity index (χ1n) is 4.88. The molecule has 0 aliphatic carbocycles. The fraction of sp³-hybridized carbons (Fsp3) is 0.0769. The van der Waals surface area contributed by atoms with Crippen molar-refractivity contribution in [3.63, 3.8) is 0 Å². The first-order valence-corrected chi connectivity index (χ1v) is 5.67. The molecule has 0 amide bonds. The van der Waals surface area contributed by atoms with Crippen molar-refractivity contribution in [1.82, 2.24) is 4.98 Å². The van der Waals surface area contributed by atoms with E-state index in [4.69, 9.17) is 5.26 Å². The summed E-state index contributed by atoms with van der Waals surface area (Å²) < 4.78 is 0.753. The minimum Gasteiger partial charge on any atom is -0.244 e. The van der Waals surface area contributed by atoms with Gasteiger partial charge in [0.25, 0.3) is 0 Å². The van der Waals surface area contributed by atoms with Crippen molar-refractivity contribution in [3.8, 4) is 6.07 Å². The van der Waals surface area contributed by atoms with E-state index in [2.05, 4.69) is 33.0 Å². The van der Waals surface area contributed by atoms with Crippen molar-refractivity contribution in [2.75, 3.05) is 0 Å². The topological polar surface area (TPSA) is 36.7 Å². The largest absolute Gasteiger partial charge is 0.244 e. The number of pyridine rings is 1. The molecule has 0 unspecified atom stereocenters. The summed E-state index contributed by atoms with van der Waals surface area (Å²) in [7, 11) is 0. The van der Waals surface area contributed by atoms with Gasteiger partial charge in [0.2, 0.25) is 0 Å². The molecule has 0 aliphatic heterocycles. The lowest BCUT2D eigenvalue weighted by Crippen LogP contribution is -1.92. The summed E-state index contributed by atoms with van der Waals surface area (Å²) in [5.74, 6) is 0. The molecule has 1 aromatic heterocycles. The molecule has 0 atom stereocenters. The number of halogens is 1. The fourth-order valence-electron chi connectivity index (χ4n) is 1.49. The van der Waals surface area contributed by atoms with Crippen LogP contribution in [0, 0.1) is 11.3 Å². The first kappa shape index (κ1) is 10.8. The Morgan fingerprint density at radius 3 is 2.56 bits per heavy atom. The number of rotatable bonds is 2. The molecule has 0 radical (unpaired) electrons. The Morgan fingerprint density at radius 2 is 1.94 bits per heavy atom. The Bertz CT molecular complexity index is 529. The van der Waals surface area contributed by atoms with E-state index in [0.29, 0.717) is 5.69 Å². The van der Waals surface area contributed by atoms with Crippen LogP contribution in [0.1, 0.15) is 16.8 Å². The average Bonchev–Trinajstić information content (AvgIpc) is 2.31. The number of nitrogens with zero attached hydrogens (tertiary/aromatic N) is 2. The minimum absolute atomic E-state index is 0.428. The Kier molecular flexibility index (Phi) is 3.33. The molecule has 0 fully saturated rings. The molecule has 1 heterocycles.